The first-order chi connectivity index (χ1) is 13.7. The van der Waals surface area contributed by atoms with Crippen LogP contribution in [0.25, 0.3) is 0 Å². The van der Waals surface area contributed by atoms with E-state index in [-0.39, 0.29) is 0 Å². The molecule has 0 aromatic heterocycles. The van der Waals surface area contributed by atoms with Gasteiger partial charge in [0, 0.05) is 17.1 Å². The minimum atomic E-state index is 0.403. The quantitative estimate of drug-likeness (QED) is 0.463. The average molecular weight is 388 g/mol. The molecule has 29 heavy (non-hydrogen) atoms. The van der Waals surface area contributed by atoms with Crippen LogP contribution in [0, 0.1) is 0 Å². The van der Waals surface area contributed by atoms with Crippen molar-refractivity contribution in [1.82, 2.24) is 0 Å². The summed E-state index contributed by atoms with van der Waals surface area (Å²) < 4.78 is 0. The van der Waals surface area contributed by atoms with E-state index in [4.69, 9.17) is 17.2 Å². The Morgan fingerprint density at radius 3 is 1.72 bits per heavy atom. The van der Waals surface area contributed by atoms with Gasteiger partial charge in [-0.25, -0.2) is 0 Å². The largest absolute Gasteiger partial charge is 0.399 e. The highest BCUT2D eigenvalue weighted by Gasteiger charge is 2.14. The van der Waals surface area contributed by atoms with Crippen LogP contribution in [0.3, 0.4) is 0 Å². The fourth-order valence-corrected chi connectivity index (χ4v) is 3.83. The molecule has 3 aromatic rings. The molecule has 152 valence electrons. The number of benzene rings is 3. The van der Waals surface area contributed by atoms with Crippen LogP contribution in [0.15, 0.2) is 54.6 Å². The molecule has 0 saturated carbocycles. The van der Waals surface area contributed by atoms with Gasteiger partial charge in [0.15, 0.2) is 0 Å². The minimum Gasteiger partial charge on any atom is -0.399 e. The van der Waals surface area contributed by atoms with Crippen LogP contribution in [-0.2, 0) is 12.8 Å². The lowest BCUT2D eigenvalue weighted by molar-refractivity contribution is 0.834. The van der Waals surface area contributed by atoms with Crippen LogP contribution < -0.4 is 17.2 Å². The van der Waals surface area contributed by atoms with Crippen LogP contribution in [0.1, 0.15) is 72.9 Å². The van der Waals surface area contributed by atoms with Crippen molar-refractivity contribution in [1.29, 1.82) is 0 Å². The second-order valence-electron chi connectivity index (χ2n) is 8.63. The maximum absolute atomic E-state index is 6.46. The van der Waals surface area contributed by atoms with Crippen molar-refractivity contribution in [3.05, 3.63) is 88.0 Å². The summed E-state index contributed by atoms with van der Waals surface area (Å²) in [4.78, 5) is 0. The highest BCUT2D eigenvalue weighted by molar-refractivity contribution is 5.59. The summed E-state index contributed by atoms with van der Waals surface area (Å²) in [5, 5.41) is 0. The zero-order chi connectivity index (χ0) is 21.1. The molecule has 3 heteroatoms. The van der Waals surface area contributed by atoms with E-state index in [2.05, 4.69) is 64.1 Å². The monoisotopic (exact) mass is 387 g/mol. The van der Waals surface area contributed by atoms with Gasteiger partial charge < -0.3 is 17.2 Å². The van der Waals surface area contributed by atoms with Crippen molar-refractivity contribution in [3.8, 4) is 0 Å². The van der Waals surface area contributed by atoms with Gasteiger partial charge in [-0.15, -0.1) is 0 Å². The highest BCUT2D eigenvalue weighted by atomic mass is 14.6. The van der Waals surface area contributed by atoms with Crippen molar-refractivity contribution in [2.24, 2.45) is 0 Å². The molecule has 0 radical (unpaired) electrons. The van der Waals surface area contributed by atoms with E-state index in [0.717, 1.165) is 35.5 Å². The Kier molecular flexibility index (Phi) is 6.17. The Morgan fingerprint density at radius 1 is 0.621 bits per heavy atom. The average Bonchev–Trinajstić information content (AvgIpc) is 2.67. The lowest BCUT2D eigenvalue weighted by Crippen LogP contribution is -2.05. The van der Waals surface area contributed by atoms with Crippen LogP contribution in [0.2, 0.25) is 0 Å². The third-order valence-corrected chi connectivity index (χ3v) is 5.54. The van der Waals surface area contributed by atoms with Crippen molar-refractivity contribution in [3.63, 3.8) is 0 Å². The zero-order valence-electron chi connectivity index (χ0n) is 18.0. The van der Waals surface area contributed by atoms with Crippen molar-refractivity contribution < 1.29 is 0 Å². The molecule has 0 bridgehead atoms. The standard InChI is InChI=1S/C26H33N3/c1-16(2)23-14-20(15-24(17(3)4)26(23)29)11-19-7-10-25(28)21(13-19)12-18-5-8-22(27)9-6-18/h5-10,13-17H,11-12,27-29H2,1-4H3. The first kappa shape index (κ1) is 20.8. The Bertz CT molecular complexity index is 956. The lowest BCUT2D eigenvalue weighted by Gasteiger charge is -2.19. The summed E-state index contributed by atoms with van der Waals surface area (Å²) in [6.45, 7) is 8.81. The van der Waals surface area contributed by atoms with E-state index in [1.165, 1.54) is 27.8 Å². The van der Waals surface area contributed by atoms with Gasteiger partial charge in [-0.05, 0) is 76.3 Å². The van der Waals surface area contributed by atoms with E-state index in [0.29, 0.717) is 11.8 Å². The molecule has 6 N–H and O–H groups in total. The van der Waals surface area contributed by atoms with E-state index in [1.54, 1.807) is 0 Å². The van der Waals surface area contributed by atoms with Crippen LogP contribution >= 0.6 is 0 Å². The number of nitrogens with two attached hydrogens (primary N) is 3. The summed E-state index contributed by atoms with van der Waals surface area (Å²) in [5.74, 6) is 0.805. The van der Waals surface area contributed by atoms with Crippen molar-refractivity contribution >= 4 is 17.1 Å². The Morgan fingerprint density at radius 2 is 1.17 bits per heavy atom. The second-order valence-corrected chi connectivity index (χ2v) is 8.63. The first-order valence-corrected chi connectivity index (χ1v) is 10.4. The maximum atomic E-state index is 6.46. The SMILES string of the molecule is CC(C)c1cc(Cc2ccc(N)c(Cc3ccc(N)cc3)c2)cc(C(C)C)c1N. The zero-order valence-corrected chi connectivity index (χ0v) is 18.0. The van der Waals surface area contributed by atoms with Gasteiger partial charge in [-0.1, -0.05) is 64.1 Å². The molecule has 0 aliphatic rings. The molecular formula is C26H33N3. The van der Waals surface area contributed by atoms with Gasteiger partial charge in [0.25, 0.3) is 0 Å². The minimum absolute atomic E-state index is 0.403. The molecule has 0 aliphatic heterocycles. The summed E-state index contributed by atoms with van der Waals surface area (Å²) in [6, 6.07) is 18.9. The van der Waals surface area contributed by atoms with Gasteiger partial charge in [-0.2, -0.15) is 0 Å². The van der Waals surface area contributed by atoms with Gasteiger partial charge >= 0.3 is 0 Å². The van der Waals surface area contributed by atoms with Gasteiger partial charge in [0.1, 0.15) is 0 Å². The summed E-state index contributed by atoms with van der Waals surface area (Å²) in [6.07, 6.45) is 1.67. The number of hydrogen-bond donors (Lipinski definition) is 3. The summed E-state index contributed by atoms with van der Waals surface area (Å²) in [5.41, 5.74) is 28.5. The Balaban J connectivity index is 1.91. The third kappa shape index (κ3) is 4.92. The molecule has 0 heterocycles. The molecule has 0 unspecified atom stereocenters. The van der Waals surface area contributed by atoms with Crippen molar-refractivity contribution in [2.75, 3.05) is 17.2 Å². The Labute approximate surface area is 174 Å². The lowest BCUT2D eigenvalue weighted by atomic mass is 9.88. The van der Waals surface area contributed by atoms with Crippen LogP contribution in [0.5, 0.6) is 0 Å². The molecule has 0 spiro atoms. The molecule has 0 fully saturated rings. The molecule has 0 amide bonds. The smallest absolute Gasteiger partial charge is 0.0384 e. The van der Waals surface area contributed by atoms with E-state index < -0.39 is 0 Å². The predicted molar refractivity (Wildman–Crippen MR) is 126 cm³/mol. The number of anilines is 3. The van der Waals surface area contributed by atoms with Gasteiger partial charge in [-0.3, -0.25) is 0 Å². The Hall–Kier alpha value is -2.94. The normalized spacial score (nSPS) is 11.4. The second kappa shape index (κ2) is 8.60. The topological polar surface area (TPSA) is 78.1 Å². The predicted octanol–water partition coefficient (Wildman–Crippen LogP) is 5.86. The maximum Gasteiger partial charge on any atom is 0.0384 e. The van der Waals surface area contributed by atoms with E-state index >= 15 is 0 Å². The summed E-state index contributed by atoms with van der Waals surface area (Å²) in [7, 11) is 0. The third-order valence-electron chi connectivity index (χ3n) is 5.54. The fraction of sp³-hybridized carbons (Fsp3) is 0.308. The van der Waals surface area contributed by atoms with E-state index in [9.17, 15) is 0 Å². The number of rotatable bonds is 6. The molecule has 3 rings (SSSR count). The number of nitrogen functional groups attached to an aromatic ring is 3. The molecule has 0 aliphatic carbocycles. The fourth-order valence-electron chi connectivity index (χ4n) is 3.83. The van der Waals surface area contributed by atoms with Crippen molar-refractivity contribution in [2.45, 2.75) is 52.4 Å². The molecule has 3 aromatic carbocycles. The molecule has 3 nitrogen and oxygen atoms in total. The van der Waals surface area contributed by atoms with Gasteiger partial charge in [0.2, 0.25) is 0 Å². The van der Waals surface area contributed by atoms with E-state index in [1.807, 2.05) is 18.2 Å². The number of hydrogen-bond acceptors (Lipinski definition) is 3. The van der Waals surface area contributed by atoms with Gasteiger partial charge in [0.05, 0.1) is 0 Å². The molecular weight excluding hydrogens is 354 g/mol. The first-order valence-electron chi connectivity index (χ1n) is 10.4. The molecule has 0 atom stereocenters. The summed E-state index contributed by atoms with van der Waals surface area (Å²) >= 11 is 0. The molecule has 0 saturated heterocycles. The highest BCUT2D eigenvalue weighted by Crippen LogP contribution is 2.32. The van der Waals surface area contributed by atoms with Crippen LogP contribution in [0.4, 0.5) is 17.1 Å². The van der Waals surface area contributed by atoms with Crippen LogP contribution in [-0.4, -0.2) is 0 Å².